The number of ether oxygens (including phenoxy) is 1. The van der Waals surface area contributed by atoms with Crippen LogP contribution in [0.2, 0.25) is 0 Å². The molecule has 132 valence electrons. The first-order valence-electron chi connectivity index (χ1n) is 9.60. The zero-order valence-electron chi connectivity index (χ0n) is 15.0. The maximum absolute atomic E-state index is 12.2. The first kappa shape index (κ1) is 17.3. The molecule has 1 saturated carbocycles. The molecule has 2 aliphatic rings. The highest BCUT2D eigenvalue weighted by Gasteiger charge is 2.32. The summed E-state index contributed by atoms with van der Waals surface area (Å²) in [6.07, 6.45) is 10.5. The molecule has 1 heterocycles. The van der Waals surface area contributed by atoms with Crippen LogP contribution < -0.4 is 0 Å². The fourth-order valence-electron chi connectivity index (χ4n) is 4.44. The molecule has 0 radical (unpaired) electrons. The number of rotatable bonds is 4. The molecule has 0 N–H and O–H groups in total. The van der Waals surface area contributed by atoms with Crippen molar-refractivity contribution in [2.75, 3.05) is 13.1 Å². The van der Waals surface area contributed by atoms with E-state index in [2.05, 4.69) is 6.92 Å². The van der Waals surface area contributed by atoms with Gasteiger partial charge in [-0.25, -0.2) is 4.79 Å². The lowest BCUT2D eigenvalue weighted by Crippen LogP contribution is -2.40. The van der Waals surface area contributed by atoms with Crippen molar-refractivity contribution in [3.8, 4) is 0 Å². The van der Waals surface area contributed by atoms with E-state index in [1.165, 1.54) is 38.5 Å². The molecular weight excluding hydrogens is 298 g/mol. The van der Waals surface area contributed by atoms with Gasteiger partial charge in [-0.1, -0.05) is 56.5 Å². The summed E-state index contributed by atoms with van der Waals surface area (Å²) in [5, 5.41) is 0. The Bertz CT molecular complexity index is 514. The molecular formula is C21H31NO2. The third-order valence-electron chi connectivity index (χ3n) is 5.92. The van der Waals surface area contributed by atoms with Gasteiger partial charge >= 0.3 is 6.09 Å². The predicted octanol–water partition coefficient (Wildman–Crippen LogP) is 5.40. The Kier molecular flexibility index (Phi) is 5.80. The van der Waals surface area contributed by atoms with Crippen molar-refractivity contribution in [1.82, 2.24) is 4.90 Å². The van der Waals surface area contributed by atoms with Crippen molar-refractivity contribution in [3.05, 3.63) is 35.9 Å². The molecule has 1 aliphatic carbocycles. The van der Waals surface area contributed by atoms with Crippen LogP contribution in [0.25, 0.3) is 0 Å². The summed E-state index contributed by atoms with van der Waals surface area (Å²) in [6.45, 7) is 4.56. The van der Waals surface area contributed by atoms with Crippen molar-refractivity contribution in [2.24, 2.45) is 11.3 Å². The number of amides is 1. The topological polar surface area (TPSA) is 29.5 Å². The first-order valence-corrected chi connectivity index (χ1v) is 9.60. The van der Waals surface area contributed by atoms with E-state index in [-0.39, 0.29) is 6.09 Å². The van der Waals surface area contributed by atoms with Crippen LogP contribution in [-0.4, -0.2) is 24.1 Å². The van der Waals surface area contributed by atoms with Gasteiger partial charge in [0.1, 0.15) is 6.61 Å². The Hall–Kier alpha value is -1.51. The number of hydrogen-bond acceptors (Lipinski definition) is 2. The quantitative estimate of drug-likeness (QED) is 0.740. The summed E-state index contributed by atoms with van der Waals surface area (Å²) in [5.74, 6) is 0.784. The van der Waals surface area contributed by atoms with Gasteiger partial charge in [0.25, 0.3) is 0 Å². The van der Waals surface area contributed by atoms with E-state index in [0.29, 0.717) is 12.0 Å². The lowest BCUT2D eigenvalue weighted by Gasteiger charge is -2.39. The summed E-state index contributed by atoms with van der Waals surface area (Å²) >= 11 is 0. The molecule has 0 spiro atoms. The van der Waals surface area contributed by atoms with E-state index in [4.69, 9.17) is 4.74 Å². The van der Waals surface area contributed by atoms with Crippen LogP contribution >= 0.6 is 0 Å². The molecule has 1 aromatic rings. The molecule has 3 heteroatoms. The molecule has 3 rings (SSSR count). The SMILES string of the molecule is CC1(CC2CCN(C(=O)OCc3ccccc3)CC2)CCCCC1. The number of benzene rings is 1. The Morgan fingerprint density at radius 2 is 1.79 bits per heavy atom. The lowest BCUT2D eigenvalue weighted by atomic mass is 9.69. The average Bonchev–Trinajstić information content (AvgIpc) is 2.61. The van der Waals surface area contributed by atoms with Gasteiger partial charge in [0, 0.05) is 13.1 Å². The van der Waals surface area contributed by atoms with Crippen LogP contribution in [0.4, 0.5) is 4.79 Å². The normalized spacial score (nSPS) is 21.5. The molecule has 24 heavy (non-hydrogen) atoms. The second-order valence-corrected chi connectivity index (χ2v) is 8.05. The minimum Gasteiger partial charge on any atom is -0.445 e. The van der Waals surface area contributed by atoms with Crippen molar-refractivity contribution in [3.63, 3.8) is 0 Å². The fraction of sp³-hybridized carbons (Fsp3) is 0.667. The molecule has 1 aliphatic heterocycles. The Morgan fingerprint density at radius 1 is 1.12 bits per heavy atom. The largest absolute Gasteiger partial charge is 0.445 e. The summed E-state index contributed by atoms with van der Waals surface area (Å²) < 4.78 is 5.46. The zero-order valence-corrected chi connectivity index (χ0v) is 15.0. The molecule has 0 bridgehead atoms. The maximum atomic E-state index is 12.2. The van der Waals surface area contributed by atoms with E-state index < -0.39 is 0 Å². The summed E-state index contributed by atoms with van der Waals surface area (Å²) in [7, 11) is 0. The van der Waals surface area contributed by atoms with E-state index in [1.54, 1.807) is 0 Å². The van der Waals surface area contributed by atoms with E-state index in [0.717, 1.165) is 37.4 Å². The van der Waals surface area contributed by atoms with Gasteiger partial charge in [0.05, 0.1) is 0 Å². The Morgan fingerprint density at radius 3 is 2.46 bits per heavy atom. The van der Waals surface area contributed by atoms with Gasteiger partial charge in [-0.05, 0) is 49.0 Å². The second-order valence-electron chi connectivity index (χ2n) is 8.05. The number of nitrogens with zero attached hydrogens (tertiary/aromatic N) is 1. The van der Waals surface area contributed by atoms with Gasteiger partial charge in [0.15, 0.2) is 0 Å². The first-order chi connectivity index (χ1) is 11.6. The smallest absolute Gasteiger partial charge is 0.410 e. The third kappa shape index (κ3) is 4.75. The maximum Gasteiger partial charge on any atom is 0.410 e. The number of likely N-dealkylation sites (tertiary alicyclic amines) is 1. The summed E-state index contributed by atoms with van der Waals surface area (Å²) in [5.41, 5.74) is 1.60. The van der Waals surface area contributed by atoms with Crippen molar-refractivity contribution >= 4 is 6.09 Å². The van der Waals surface area contributed by atoms with E-state index in [1.807, 2.05) is 35.2 Å². The van der Waals surface area contributed by atoms with Crippen LogP contribution in [0.15, 0.2) is 30.3 Å². The minimum absolute atomic E-state index is 0.152. The molecule has 1 saturated heterocycles. The fourth-order valence-corrected chi connectivity index (χ4v) is 4.44. The Labute approximate surface area is 146 Å². The molecule has 0 aromatic heterocycles. The summed E-state index contributed by atoms with van der Waals surface area (Å²) in [6, 6.07) is 9.90. The van der Waals surface area contributed by atoms with Gasteiger partial charge in [-0.3, -0.25) is 0 Å². The number of hydrogen-bond donors (Lipinski definition) is 0. The zero-order chi connectivity index (χ0) is 16.8. The number of piperidine rings is 1. The minimum atomic E-state index is -0.152. The highest BCUT2D eigenvalue weighted by Crippen LogP contribution is 2.42. The molecule has 0 atom stereocenters. The van der Waals surface area contributed by atoms with Crippen molar-refractivity contribution in [1.29, 1.82) is 0 Å². The van der Waals surface area contributed by atoms with Gasteiger partial charge in [-0.15, -0.1) is 0 Å². The Balaban J connectivity index is 1.40. The highest BCUT2D eigenvalue weighted by atomic mass is 16.6. The lowest BCUT2D eigenvalue weighted by molar-refractivity contribution is 0.0718. The van der Waals surface area contributed by atoms with Crippen LogP contribution in [0.5, 0.6) is 0 Å². The van der Waals surface area contributed by atoms with Crippen molar-refractivity contribution < 1.29 is 9.53 Å². The van der Waals surface area contributed by atoms with Gasteiger partial charge in [-0.2, -0.15) is 0 Å². The monoisotopic (exact) mass is 329 g/mol. The molecule has 3 nitrogen and oxygen atoms in total. The van der Waals surface area contributed by atoms with Gasteiger partial charge < -0.3 is 9.64 Å². The predicted molar refractivity (Wildman–Crippen MR) is 96.7 cm³/mol. The molecule has 1 aromatic carbocycles. The highest BCUT2D eigenvalue weighted by molar-refractivity contribution is 5.67. The van der Waals surface area contributed by atoms with Crippen LogP contribution in [0.1, 0.15) is 63.9 Å². The standard InChI is InChI=1S/C21H31NO2/c1-21(12-6-3-7-13-21)16-18-10-14-22(15-11-18)20(23)24-17-19-8-4-2-5-9-19/h2,4-5,8-9,18H,3,6-7,10-17H2,1H3. The number of carbonyl (C=O) groups excluding carboxylic acids is 1. The van der Waals surface area contributed by atoms with Crippen LogP contribution in [-0.2, 0) is 11.3 Å². The molecule has 1 amide bonds. The average molecular weight is 329 g/mol. The van der Waals surface area contributed by atoms with Crippen LogP contribution in [0, 0.1) is 11.3 Å². The second kappa shape index (κ2) is 8.04. The molecule has 0 unspecified atom stereocenters. The van der Waals surface area contributed by atoms with E-state index >= 15 is 0 Å². The third-order valence-corrected chi connectivity index (χ3v) is 5.92. The van der Waals surface area contributed by atoms with Crippen LogP contribution in [0.3, 0.4) is 0 Å². The molecule has 2 fully saturated rings. The van der Waals surface area contributed by atoms with E-state index in [9.17, 15) is 4.79 Å². The summed E-state index contributed by atoms with van der Waals surface area (Å²) in [4.78, 5) is 14.1. The number of carbonyl (C=O) groups is 1. The van der Waals surface area contributed by atoms with Crippen molar-refractivity contribution in [2.45, 2.75) is 64.9 Å². The van der Waals surface area contributed by atoms with Gasteiger partial charge in [0.2, 0.25) is 0 Å².